The Bertz CT molecular complexity index is 956. The fraction of sp³-hybridized carbons (Fsp3) is 0.391. The molecule has 3 aromatic rings. The summed E-state index contributed by atoms with van der Waals surface area (Å²) in [6.45, 7) is 3.77. The first kappa shape index (κ1) is 19.5. The van der Waals surface area contributed by atoms with Gasteiger partial charge >= 0.3 is 0 Å². The van der Waals surface area contributed by atoms with Crippen molar-refractivity contribution in [2.75, 3.05) is 26.7 Å². The molecule has 6 heteroatoms. The summed E-state index contributed by atoms with van der Waals surface area (Å²) in [6, 6.07) is 19.3. The molecule has 1 unspecified atom stereocenters. The van der Waals surface area contributed by atoms with Gasteiger partial charge in [0.05, 0.1) is 23.6 Å². The van der Waals surface area contributed by atoms with Gasteiger partial charge in [0.1, 0.15) is 5.82 Å². The van der Waals surface area contributed by atoms with Crippen molar-refractivity contribution in [3.63, 3.8) is 0 Å². The van der Waals surface area contributed by atoms with E-state index in [1.165, 1.54) is 18.4 Å². The molecule has 0 amide bonds. The third-order valence-electron chi connectivity index (χ3n) is 5.75. The third kappa shape index (κ3) is 4.43. The number of aryl methyl sites for hydroxylation is 1. The lowest BCUT2D eigenvalue weighted by Gasteiger charge is -2.29. The van der Waals surface area contributed by atoms with Crippen LogP contribution in [0.1, 0.15) is 30.3 Å². The molecule has 6 nitrogen and oxygen atoms in total. The molecule has 152 valence electrons. The summed E-state index contributed by atoms with van der Waals surface area (Å²) in [4.78, 5) is 11.7. The third-order valence-corrected chi connectivity index (χ3v) is 5.75. The van der Waals surface area contributed by atoms with Crippen LogP contribution < -0.4 is 10.6 Å². The van der Waals surface area contributed by atoms with Crippen LogP contribution in [0.3, 0.4) is 0 Å². The van der Waals surface area contributed by atoms with Gasteiger partial charge in [0.15, 0.2) is 5.96 Å². The molecule has 2 N–H and O–H groups in total. The van der Waals surface area contributed by atoms with Crippen LogP contribution in [0, 0.1) is 0 Å². The van der Waals surface area contributed by atoms with Crippen LogP contribution in [-0.2, 0) is 13.6 Å². The monoisotopic (exact) mass is 390 g/mol. The lowest BCUT2D eigenvalue weighted by atomic mass is 10.1. The molecule has 2 aromatic carbocycles. The molecule has 1 saturated heterocycles. The highest BCUT2D eigenvalue weighted by molar-refractivity contribution is 5.80. The largest absolute Gasteiger partial charge is 0.354 e. The Morgan fingerprint density at radius 1 is 1.03 bits per heavy atom. The van der Waals surface area contributed by atoms with Gasteiger partial charge in [0, 0.05) is 20.6 Å². The van der Waals surface area contributed by atoms with Gasteiger partial charge in [-0.25, -0.2) is 4.98 Å². The van der Waals surface area contributed by atoms with Crippen molar-refractivity contribution in [1.82, 2.24) is 25.1 Å². The van der Waals surface area contributed by atoms with Gasteiger partial charge in [-0.15, -0.1) is 0 Å². The number of aromatic nitrogens is 2. The minimum absolute atomic E-state index is 0.355. The SMILES string of the molecule is CN=C(NCc1nc2ccccc2n1C)NCC(c1ccccc1)N1CCCC1. The highest BCUT2D eigenvalue weighted by Crippen LogP contribution is 2.24. The number of guanidine groups is 1. The lowest BCUT2D eigenvalue weighted by molar-refractivity contribution is 0.245. The highest BCUT2D eigenvalue weighted by Gasteiger charge is 2.23. The zero-order valence-electron chi connectivity index (χ0n) is 17.3. The van der Waals surface area contributed by atoms with Crippen LogP contribution in [0.5, 0.6) is 0 Å². The van der Waals surface area contributed by atoms with Gasteiger partial charge in [-0.2, -0.15) is 0 Å². The van der Waals surface area contributed by atoms with Gasteiger partial charge in [-0.1, -0.05) is 42.5 Å². The smallest absolute Gasteiger partial charge is 0.191 e. The molecule has 1 aromatic heterocycles. The number of nitrogens with zero attached hydrogens (tertiary/aromatic N) is 4. The molecule has 1 aliphatic rings. The second-order valence-corrected chi connectivity index (χ2v) is 7.55. The van der Waals surface area contributed by atoms with Gasteiger partial charge < -0.3 is 15.2 Å². The molecular formula is C23H30N6. The highest BCUT2D eigenvalue weighted by atomic mass is 15.2. The van der Waals surface area contributed by atoms with E-state index in [4.69, 9.17) is 4.98 Å². The Kier molecular flexibility index (Phi) is 6.10. The van der Waals surface area contributed by atoms with E-state index >= 15 is 0 Å². The molecule has 4 rings (SSSR count). The second kappa shape index (κ2) is 9.09. The molecule has 1 atom stereocenters. The van der Waals surface area contributed by atoms with Crippen molar-refractivity contribution < 1.29 is 0 Å². The number of hydrogen-bond acceptors (Lipinski definition) is 3. The Balaban J connectivity index is 1.40. The van der Waals surface area contributed by atoms with Crippen LogP contribution in [0.25, 0.3) is 11.0 Å². The van der Waals surface area contributed by atoms with Crippen molar-refractivity contribution in [2.24, 2.45) is 12.0 Å². The average Bonchev–Trinajstić information content (AvgIpc) is 3.40. The molecule has 0 radical (unpaired) electrons. The van der Waals surface area contributed by atoms with Crippen molar-refractivity contribution in [1.29, 1.82) is 0 Å². The number of aliphatic imine (C=N–C) groups is 1. The summed E-state index contributed by atoms with van der Waals surface area (Å²) < 4.78 is 2.13. The summed E-state index contributed by atoms with van der Waals surface area (Å²) in [7, 11) is 3.87. The van der Waals surface area contributed by atoms with E-state index in [2.05, 4.69) is 68.5 Å². The molecule has 1 fully saturated rings. The molecule has 0 bridgehead atoms. The molecule has 2 heterocycles. The minimum atomic E-state index is 0.355. The standard InChI is InChI=1S/C23H30N6/c1-24-23(26-17-22-27-19-12-6-7-13-20(19)28(22)2)25-16-21(29-14-8-9-15-29)18-10-4-3-5-11-18/h3-7,10-13,21H,8-9,14-17H2,1-2H3,(H2,24,25,26). The quantitative estimate of drug-likeness (QED) is 0.502. The van der Waals surface area contributed by atoms with Crippen LogP contribution in [-0.4, -0.2) is 47.1 Å². The first-order valence-electron chi connectivity index (χ1n) is 10.4. The van der Waals surface area contributed by atoms with Gasteiger partial charge in [0.25, 0.3) is 0 Å². The van der Waals surface area contributed by atoms with Crippen LogP contribution in [0.2, 0.25) is 0 Å². The summed E-state index contributed by atoms with van der Waals surface area (Å²) in [5, 5.41) is 6.95. The maximum atomic E-state index is 4.73. The van der Waals surface area contributed by atoms with Crippen LogP contribution >= 0.6 is 0 Å². The zero-order chi connectivity index (χ0) is 20.1. The summed E-state index contributed by atoms with van der Waals surface area (Å²) in [5.41, 5.74) is 3.52. The normalized spacial score (nSPS) is 16.3. The number of hydrogen-bond donors (Lipinski definition) is 2. The molecule has 0 aliphatic carbocycles. The number of para-hydroxylation sites is 2. The van der Waals surface area contributed by atoms with Crippen LogP contribution in [0.4, 0.5) is 0 Å². The van der Waals surface area contributed by atoms with E-state index in [1.54, 1.807) is 0 Å². The molecule has 1 aliphatic heterocycles. The summed E-state index contributed by atoms with van der Waals surface area (Å²) in [6.07, 6.45) is 2.56. The van der Waals surface area contributed by atoms with Crippen molar-refractivity contribution in [3.8, 4) is 0 Å². The fourth-order valence-electron chi connectivity index (χ4n) is 4.12. The molecular weight excluding hydrogens is 360 g/mol. The number of imidazole rings is 1. The summed E-state index contributed by atoms with van der Waals surface area (Å²) in [5.74, 6) is 1.80. The lowest BCUT2D eigenvalue weighted by Crippen LogP contribution is -2.42. The first-order chi connectivity index (χ1) is 14.3. The molecule has 0 spiro atoms. The first-order valence-corrected chi connectivity index (χ1v) is 10.4. The Hall–Kier alpha value is -2.86. The molecule has 0 saturated carbocycles. The average molecular weight is 391 g/mol. The fourth-order valence-corrected chi connectivity index (χ4v) is 4.12. The van der Waals surface area contributed by atoms with E-state index in [1.807, 2.05) is 25.2 Å². The predicted octanol–water partition coefficient (Wildman–Crippen LogP) is 3.08. The number of benzene rings is 2. The second-order valence-electron chi connectivity index (χ2n) is 7.55. The van der Waals surface area contributed by atoms with Gasteiger partial charge in [0.2, 0.25) is 0 Å². The zero-order valence-corrected chi connectivity index (χ0v) is 17.3. The van der Waals surface area contributed by atoms with Crippen molar-refractivity contribution in [2.45, 2.75) is 25.4 Å². The van der Waals surface area contributed by atoms with E-state index in [-0.39, 0.29) is 0 Å². The maximum Gasteiger partial charge on any atom is 0.191 e. The van der Waals surface area contributed by atoms with Gasteiger partial charge in [-0.3, -0.25) is 9.89 Å². The van der Waals surface area contributed by atoms with E-state index in [9.17, 15) is 0 Å². The maximum absolute atomic E-state index is 4.73. The van der Waals surface area contributed by atoms with E-state index < -0.39 is 0 Å². The van der Waals surface area contributed by atoms with Crippen LogP contribution in [0.15, 0.2) is 59.6 Å². The topological polar surface area (TPSA) is 57.5 Å². The minimum Gasteiger partial charge on any atom is -0.354 e. The number of rotatable bonds is 6. The number of nitrogens with one attached hydrogen (secondary N) is 2. The Morgan fingerprint density at radius 3 is 2.48 bits per heavy atom. The Morgan fingerprint density at radius 2 is 1.76 bits per heavy atom. The number of likely N-dealkylation sites (tertiary alicyclic amines) is 1. The van der Waals surface area contributed by atoms with Crippen molar-refractivity contribution in [3.05, 3.63) is 66.0 Å². The van der Waals surface area contributed by atoms with E-state index in [0.29, 0.717) is 12.6 Å². The summed E-state index contributed by atoms with van der Waals surface area (Å²) >= 11 is 0. The van der Waals surface area contributed by atoms with Crippen molar-refractivity contribution >= 4 is 17.0 Å². The van der Waals surface area contributed by atoms with E-state index in [0.717, 1.165) is 42.5 Å². The number of fused-ring (bicyclic) bond motifs is 1. The predicted molar refractivity (Wildman–Crippen MR) is 119 cm³/mol. The molecule has 29 heavy (non-hydrogen) atoms. The Labute approximate surface area is 172 Å². The van der Waals surface area contributed by atoms with Gasteiger partial charge in [-0.05, 0) is 43.6 Å².